The molecule has 2 aromatic rings. The number of nitrogens with zero attached hydrogens (tertiary/aromatic N) is 2. The number of nitro groups is 1. The fourth-order valence-corrected chi connectivity index (χ4v) is 1.91. The lowest BCUT2D eigenvalue weighted by Crippen LogP contribution is -1.98. The van der Waals surface area contributed by atoms with Gasteiger partial charge in [0.25, 0.3) is 5.69 Å². The Hall–Kier alpha value is -1.90. The highest BCUT2D eigenvalue weighted by atomic mass is 127. The number of aromatic nitrogens is 1. The Morgan fingerprint density at radius 3 is 2.74 bits per heavy atom. The minimum atomic E-state index is -0.481. The number of nitrogens with one attached hydrogen (secondary N) is 1. The van der Waals surface area contributed by atoms with E-state index in [0.717, 1.165) is 3.57 Å². The van der Waals surface area contributed by atoms with Crippen LogP contribution in [0.3, 0.4) is 0 Å². The van der Waals surface area contributed by atoms with Gasteiger partial charge in [-0.25, -0.2) is 0 Å². The maximum atomic E-state index is 10.8. The first-order valence-electron chi connectivity index (χ1n) is 5.37. The van der Waals surface area contributed by atoms with Gasteiger partial charge in [0.1, 0.15) is 11.6 Å². The zero-order chi connectivity index (χ0) is 13.8. The number of benzene rings is 1. The molecule has 1 aromatic carbocycles. The van der Waals surface area contributed by atoms with E-state index < -0.39 is 4.92 Å². The van der Waals surface area contributed by atoms with Gasteiger partial charge in [-0.05, 0) is 34.7 Å². The summed E-state index contributed by atoms with van der Waals surface area (Å²) in [5.41, 5.74) is -0.0692. The van der Waals surface area contributed by atoms with Crippen molar-refractivity contribution in [3.63, 3.8) is 0 Å². The molecule has 19 heavy (non-hydrogen) atoms. The first-order valence-corrected chi connectivity index (χ1v) is 6.44. The van der Waals surface area contributed by atoms with Crippen LogP contribution in [0.25, 0.3) is 0 Å². The summed E-state index contributed by atoms with van der Waals surface area (Å²) in [4.78, 5) is 14.5. The minimum absolute atomic E-state index is 0.0692. The van der Waals surface area contributed by atoms with Crippen LogP contribution >= 0.6 is 22.6 Å². The van der Waals surface area contributed by atoms with Crippen molar-refractivity contribution in [3.05, 3.63) is 50.1 Å². The highest BCUT2D eigenvalue weighted by molar-refractivity contribution is 14.1. The fourth-order valence-electron chi connectivity index (χ4n) is 1.42. The molecule has 0 saturated carbocycles. The number of pyridine rings is 1. The predicted molar refractivity (Wildman–Crippen MR) is 79.7 cm³/mol. The van der Waals surface area contributed by atoms with Crippen LogP contribution in [-0.2, 0) is 0 Å². The van der Waals surface area contributed by atoms with E-state index in [1.807, 2.05) is 18.2 Å². The van der Waals surface area contributed by atoms with E-state index in [9.17, 15) is 10.1 Å². The van der Waals surface area contributed by atoms with E-state index in [0.29, 0.717) is 11.6 Å². The van der Waals surface area contributed by atoms with Gasteiger partial charge in [-0.3, -0.25) is 10.1 Å². The van der Waals surface area contributed by atoms with E-state index in [2.05, 4.69) is 32.9 Å². The standard InChI is InChI=1S/C12H10IN3O3/c1-14-11-6-8(16(17)18)7-12(15-11)19-10-5-3-2-4-9(10)13/h2-7H,1H3,(H,14,15). The van der Waals surface area contributed by atoms with Crippen LogP contribution in [-0.4, -0.2) is 17.0 Å². The summed E-state index contributed by atoms with van der Waals surface area (Å²) in [6, 6.07) is 10.0. The lowest BCUT2D eigenvalue weighted by atomic mass is 10.3. The molecule has 0 atom stereocenters. The summed E-state index contributed by atoms with van der Waals surface area (Å²) in [7, 11) is 1.64. The maximum Gasteiger partial charge on any atom is 0.278 e. The highest BCUT2D eigenvalue weighted by Gasteiger charge is 2.12. The first-order chi connectivity index (χ1) is 9.10. The van der Waals surface area contributed by atoms with Gasteiger partial charge in [0, 0.05) is 7.05 Å². The van der Waals surface area contributed by atoms with Gasteiger partial charge in [-0.1, -0.05) is 12.1 Å². The highest BCUT2D eigenvalue weighted by Crippen LogP contribution is 2.28. The molecule has 7 heteroatoms. The Labute approximate surface area is 123 Å². The Morgan fingerprint density at radius 1 is 1.37 bits per heavy atom. The normalized spacial score (nSPS) is 10.0. The molecule has 0 amide bonds. The molecule has 2 rings (SSSR count). The molecule has 1 aromatic heterocycles. The van der Waals surface area contributed by atoms with Crippen molar-refractivity contribution in [1.82, 2.24) is 4.98 Å². The van der Waals surface area contributed by atoms with E-state index in [1.165, 1.54) is 12.1 Å². The van der Waals surface area contributed by atoms with Crippen molar-refractivity contribution in [2.75, 3.05) is 12.4 Å². The van der Waals surface area contributed by atoms with Crippen LogP contribution < -0.4 is 10.1 Å². The zero-order valence-electron chi connectivity index (χ0n) is 9.96. The van der Waals surface area contributed by atoms with Gasteiger partial charge in [0.2, 0.25) is 5.88 Å². The van der Waals surface area contributed by atoms with E-state index in [-0.39, 0.29) is 11.6 Å². The Morgan fingerprint density at radius 2 is 2.11 bits per heavy atom. The molecule has 0 aliphatic rings. The van der Waals surface area contributed by atoms with Crippen LogP contribution in [0, 0.1) is 13.7 Å². The number of hydrogen-bond acceptors (Lipinski definition) is 5. The van der Waals surface area contributed by atoms with Crippen LogP contribution in [0.5, 0.6) is 11.6 Å². The van der Waals surface area contributed by atoms with Gasteiger partial charge in [-0.15, -0.1) is 0 Å². The van der Waals surface area contributed by atoms with Crippen molar-refractivity contribution in [3.8, 4) is 11.6 Å². The second kappa shape index (κ2) is 5.83. The number of halogens is 1. The topological polar surface area (TPSA) is 77.3 Å². The van der Waals surface area contributed by atoms with Crippen molar-refractivity contribution in [2.45, 2.75) is 0 Å². The quantitative estimate of drug-likeness (QED) is 0.506. The molecule has 0 unspecified atom stereocenters. The molecule has 0 radical (unpaired) electrons. The monoisotopic (exact) mass is 371 g/mol. The summed E-state index contributed by atoms with van der Waals surface area (Å²) >= 11 is 2.12. The molecular weight excluding hydrogens is 361 g/mol. The van der Waals surface area contributed by atoms with Crippen LogP contribution in [0.4, 0.5) is 11.5 Å². The van der Waals surface area contributed by atoms with Crippen LogP contribution in [0.15, 0.2) is 36.4 Å². The summed E-state index contributed by atoms with van der Waals surface area (Å²) in [6.45, 7) is 0. The van der Waals surface area contributed by atoms with Crippen molar-refractivity contribution in [1.29, 1.82) is 0 Å². The first kappa shape index (κ1) is 13.5. The zero-order valence-corrected chi connectivity index (χ0v) is 12.1. The van der Waals surface area contributed by atoms with E-state index in [1.54, 1.807) is 13.1 Å². The lowest BCUT2D eigenvalue weighted by molar-refractivity contribution is -0.384. The van der Waals surface area contributed by atoms with Crippen LogP contribution in [0.2, 0.25) is 0 Å². The molecule has 1 heterocycles. The number of ether oxygens (including phenoxy) is 1. The molecule has 98 valence electrons. The summed E-state index contributed by atoms with van der Waals surface area (Å²) < 4.78 is 6.48. The molecular formula is C12H10IN3O3. The average Bonchev–Trinajstić information content (AvgIpc) is 2.41. The summed E-state index contributed by atoms with van der Waals surface area (Å²) in [6.07, 6.45) is 0. The summed E-state index contributed by atoms with van der Waals surface area (Å²) in [5, 5.41) is 13.6. The second-order valence-electron chi connectivity index (χ2n) is 3.59. The number of rotatable bonds is 4. The number of hydrogen-bond donors (Lipinski definition) is 1. The van der Waals surface area contributed by atoms with E-state index >= 15 is 0 Å². The molecule has 0 saturated heterocycles. The minimum Gasteiger partial charge on any atom is -0.438 e. The maximum absolute atomic E-state index is 10.8. The van der Waals surface area contributed by atoms with Gasteiger partial charge in [0.15, 0.2) is 0 Å². The number of anilines is 1. The molecule has 1 N–H and O–H groups in total. The number of para-hydroxylation sites is 1. The van der Waals surface area contributed by atoms with Crippen molar-refractivity contribution >= 4 is 34.1 Å². The molecule has 0 bridgehead atoms. The van der Waals surface area contributed by atoms with Gasteiger partial charge in [-0.2, -0.15) is 4.98 Å². The lowest BCUT2D eigenvalue weighted by Gasteiger charge is -2.08. The second-order valence-corrected chi connectivity index (χ2v) is 4.75. The van der Waals surface area contributed by atoms with Crippen LogP contribution in [0.1, 0.15) is 0 Å². The third-order valence-corrected chi connectivity index (χ3v) is 3.20. The molecule has 0 spiro atoms. The Balaban J connectivity index is 2.37. The predicted octanol–water partition coefficient (Wildman–Crippen LogP) is 3.43. The fraction of sp³-hybridized carbons (Fsp3) is 0.0833. The largest absolute Gasteiger partial charge is 0.438 e. The molecule has 0 aliphatic heterocycles. The van der Waals surface area contributed by atoms with Gasteiger partial charge in [0.05, 0.1) is 20.6 Å². The van der Waals surface area contributed by atoms with Gasteiger partial charge >= 0.3 is 0 Å². The SMILES string of the molecule is CNc1cc([N+](=O)[O-])cc(Oc2ccccc2I)n1. The third kappa shape index (κ3) is 3.31. The van der Waals surface area contributed by atoms with Crippen molar-refractivity contribution < 1.29 is 9.66 Å². The molecule has 6 nitrogen and oxygen atoms in total. The van der Waals surface area contributed by atoms with Gasteiger partial charge < -0.3 is 10.1 Å². The summed E-state index contributed by atoms with van der Waals surface area (Å²) in [5.74, 6) is 1.18. The Bertz CT molecular complexity index is 619. The van der Waals surface area contributed by atoms with E-state index in [4.69, 9.17) is 4.74 Å². The Kier molecular flexibility index (Phi) is 4.15. The molecule has 0 fully saturated rings. The van der Waals surface area contributed by atoms with Crippen molar-refractivity contribution in [2.24, 2.45) is 0 Å². The average molecular weight is 371 g/mol. The third-order valence-electron chi connectivity index (χ3n) is 2.30. The smallest absolute Gasteiger partial charge is 0.278 e. The molecule has 0 aliphatic carbocycles.